The van der Waals surface area contributed by atoms with Gasteiger partial charge in [-0.15, -0.1) is 0 Å². The van der Waals surface area contributed by atoms with E-state index in [0.717, 1.165) is 17.7 Å². The maximum Gasteiger partial charge on any atom is 0.416 e. The molecule has 0 saturated carbocycles. The van der Waals surface area contributed by atoms with Gasteiger partial charge in [0.2, 0.25) is 5.91 Å². The van der Waals surface area contributed by atoms with Crippen LogP contribution in [0, 0.1) is 0 Å². The van der Waals surface area contributed by atoms with E-state index in [9.17, 15) is 22.8 Å². The molecule has 0 aromatic heterocycles. The summed E-state index contributed by atoms with van der Waals surface area (Å²) < 4.78 is 43.1. The molecule has 0 aliphatic heterocycles. The Morgan fingerprint density at radius 1 is 1.04 bits per heavy atom. The van der Waals surface area contributed by atoms with Gasteiger partial charge in [0.25, 0.3) is 0 Å². The zero-order valence-electron chi connectivity index (χ0n) is 14.1. The van der Waals surface area contributed by atoms with Crippen LogP contribution in [-0.4, -0.2) is 18.4 Å². The Bertz CT molecular complexity index is 770. The van der Waals surface area contributed by atoms with Gasteiger partial charge in [0.1, 0.15) is 6.61 Å². The highest BCUT2D eigenvalue weighted by Crippen LogP contribution is 2.29. The molecule has 0 spiro atoms. The smallest absolute Gasteiger partial charge is 0.416 e. The molecule has 0 unspecified atom stereocenters. The summed E-state index contributed by atoms with van der Waals surface area (Å²) in [5, 5.41) is 2.67. The monoisotopic (exact) mass is 365 g/mol. The third-order valence-electron chi connectivity index (χ3n) is 3.60. The molecule has 2 rings (SSSR count). The van der Waals surface area contributed by atoms with Gasteiger partial charge in [-0.2, -0.15) is 13.2 Å². The summed E-state index contributed by atoms with van der Waals surface area (Å²) in [4.78, 5) is 22.8. The number of nitrogens with one attached hydrogen (secondary N) is 1. The maximum atomic E-state index is 12.7. The number of hydrogen-bond acceptors (Lipinski definition) is 3. The first-order chi connectivity index (χ1) is 12.3. The van der Waals surface area contributed by atoms with Crippen LogP contribution >= 0.6 is 0 Å². The SMILES string of the molecule is CC(=O)NCCc1ccc(C(=O)OCc2cccc(C(F)(F)F)c2)cc1. The molecule has 0 saturated heterocycles. The van der Waals surface area contributed by atoms with Crippen molar-refractivity contribution >= 4 is 11.9 Å². The van der Waals surface area contributed by atoms with Gasteiger partial charge in [0, 0.05) is 13.5 Å². The summed E-state index contributed by atoms with van der Waals surface area (Å²) in [7, 11) is 0. The molecule has 2 aromatic carbocycles. The minimum absolute atomic E-state index is 0.111. The predicted molar refractivity (Wildman–Crippen MR) is 89.4 cm³/mol. The minimum atomic E-state index is -4.44. The number of alkyl halides is 3. The summed E-state index contributed by atoms with van der Waals surface area (Å²) in [6.07, 6.45) is -3.81. The van der Waals surface area contributed by atoms with Crippen molar-refractivity contribution in [3.8, 4) is 0 Å². The van der Waals surface area contributed by atoms with Crippen LogP contribution in [0.15, 0.2) is 48.5 Å². The van der Waals surface area contributed by atoms with Crippen LogP contribution in [0.1, 0.15) is 34.0 Å². The van der Waals surface area contributed by atoms with E-state index in [1.807, 2.05) is 0 Å². The molecule has 0 heterocycles. The predicted octanol–water partition coefficient (Wildman–Crippen LogP) is 3.74. The first-order valence-electron chi connectivity index (χ1n) is 7.92. The number of esters is 1. The van der Waals surface area contributed by atoms with Gasteiger partial charge in [-0.3, -0.25) is 4.79 Å². The number of ether oxygens (including phenoxy) is 1. The van der Waals surface area contributed by atoms with Crippen molar-refractivity contribution in [1.82, 2.24) is 5.32 Å². The Labute approximate surface area is 149 Å². The highest BCUT2D eigenvalue weighted by atomic mass is 19.4. The normalized spacial score (nSPS) is 11.1. The zero-order chi connectivity index (χ0) is 19.2. The lowest BCUT2D eigenvalue weighted by atomic mass is 10.1. The van der Waals surface area contributed by atoms with E-state index in [1.54, 1.807) is 24.3 Å². The van der Waals surface area contributed by atoms with Crippen molar-refractivity contribution in [3.63, 3.8) is 0 Å². The van der Waals surface area contributed by atoms with Crippen LogP contribution in [0.2, 0.25) is 0 Å². The van der Waals surface area contributed by atoms with Crippen LogP contribution in [0.25, 0.3) is 0 Å². The molecule has 0 atom stereocenters. The lowest BCUT2D eigenvalue weighted by Gasteiger charge is -2.09. The Morgan fingerprint density at radius 3 is 2.35 bits per heavy atom. The highest BCUT2D eigenvalue weighted by molar-refractivity contribution is 5.89. The van der Waals surface area contributed by atoms with Gasteiger partial charge in [0.05, 0.1) is 11.1 Å². The van der Waals surface area contributed by atoms with Crippen LogP contribution < -0.4 is 5.32 Å². The molecule has 0 aliphatic carbocycles. The molecule has 7 heteroatoms. The first-order valence-corrected chi connectivity index (χ1v) is 7.92. The summed E-state index contributed by atoms with van der Waals surface area (Å²) in [6.45, 7) is 1.69. The molecule has 0 fully saturated rings. The molecule has 2 aromatic rings. The van der Waals surface area contributed by atoms with Crippen molar-refractivity contribution < 1.29 is 27.5 Å². The minimum Gasteiger partial charge on any atom is -0.457 e. The Hall–Kier alpha value is -2.83. The third kappa shape index (κ3) is 5.91. The standard InChI is InChI=1S/C19H18F3NO3/c1-13(24)23-10-9-14-5-7-16(8-6-14)18(25)26-12-15-3-2-4-17(11-15)19(20,21)22/h2-8,11H,9-10,12H2,1H3,(H,23,24). The van der Waals surface area contributed by atoms with Crippen molar-refractivity contribution in [2.45, 2.75) is 26.1 Å². The summed E-state index contributed by atoms with van der Waals surface area (Å²) in [5.41, 5.74) is 0.725. The van der Waals surface area contributed by atoms with Gasteiger partial charge in [-0.05, 0) is 41.8 Å². The van der Waals surface area contributed by atoms with Crippen molar-refractivity contribution in [2.75, 3.05) is 6.54 Å². The molecule has 26 heavy (non-hydrogen) atoms. The van der Waals surface area contributed by atoms with Gasteiger partial charge in [-0.1, -0.05) is 24.3 Å². The van der Waals surface area contributed by atoms with Crippen molar-refractivity contribution in [3.05, 3.63) is 70.8 Å². The Balaban J connectivity index is 1.91. The van der Waals surface area contributed by atoms with E-state index < -0.39 is 17.7 Å². The lowest BCUT2D eigenvalue weighted by Crippen LogP contribution is -2.22. The second-order valence-electron chi connectivity index (χ2n) is 5.70. The average molecular weight is 365 g/mol. The Kier molecular flexibility index (Phi) is 6.38. The maximum absolute atomic E-state index is 12.7. The number of rotatable bonds is 6. The van der Waals surface area contributed by atoms with E-state index in [-0.39, 0.29) is 18.1 Å². The number of benzene rings is 2. The number of halogens is 3. The summed E-state index contributed by atoms with van der Waals surface area (Å²) >= 11 is 0. The van der Waals surface area contributed by atoms with E-state index in [0.29, 0.717) is 18.5 Å². The summed E-state index contributed by atoms with van der Waals surface area (Å²) in [6, 6.07) is 11.3. The first kappa shape index (κ1) is 19.5. The topological polar surface area (TPSA) is 55.4 Å². The second kappa shape index (κ2) is 8.51. The van der Waals surface area contributed by atoms with Crippen LogP contribution in [0.3, 0.4) is 0 Å². The van der Waals surface area contributed by atoms with E-state index in [1.165, 1.54) is 19.1 Å². The van der Waals surface area contributed by atoms with E-state index >= 15 is 0 Å². The molecule has 4 nitrogen and oxygen atoms in total. The molecule has 138 valence electrons. The highest BCUT2D eigenvalue weighted by Gasteiger charge is 2.30. The Morgan fingerprint density at radius 2 is 1.73 bits per heavy atom. The van der Waals surface area contributed by atoms with Gasteiger partial charge >= 0.3 is 12.1 Å². The van der Waals surface area contributed by atoms with E-state index in [2.05, 4.69) is 5.32 Å². The van der Waals surface area contributed by atoms with Crippen LogP contribution in [0.5, 0.6) is 0 Å². The molecular weight excluding hydrogens is 347 g/mol. The van der Waals surface area contributed by atoms with Gasteiger partial charge < -0.3 is 10.1 Å². The van der Waals surface area contributed by atoms with Crippen LogP contribution in [0.4, 0.5) is 13.2 Å². The zero-order valence-corrected chi connectivity index (χ0v) is 14.1. The van der Waals surface area contributed by atoms with Gasteiger partial charge in [-0.25, -0.2) is 4.79 Å². The fraction of sp³-hybridized carbons (Fsp3) is 0.263. The van der Waals surface area contributed by atoms with Crippen molar-refractivity contribution in [2.24, 2.45) is 0 Å². The molecule has 0 aliphatic rings. The van der Waals surface area contributed by atoms with Crippen molar-refractivity contribution in [1.29, 1.82) is 0 Å². The molecule has 0 radical (unpaired) electrons. The second-order valence-corrected chi connectivity index (χ2v) is 5.70. The fourth-order valence-electron chi connectivity index (χ4n) is 2.26. The molecular formula is C19H18F3NO3. The fourth-order valence-corrected chi connectivity index (χ4v) is 2.26. The number of amides is 1. The number of carbonyl (C=O) groups excluding carboxylic acids is 2. The van der Waals surface area contributed by atoms with Gasteiger partial charge in [0.15, 0.2) is 0 Å². The average Bonchev–Trinajstić information content (AvgIpc) is 2.59. The van der Waals surface area contributed by atoms with E-state index in [4.69, 9.17) is 4.74 Å². The largest absolute Gasteiger partial charge is 0.457 e. The van der Waals surface area contributed by atoms with Crippen LogP contribution in [-0.2, 0) is 28.7 Å². The molecule has 0 bridgehead atoms. The lowest BCUT2D eigenvalue weighted by molar-refractivity contribution is -0.137. The molecule has 1 amide bonds. The summed E-state index contributed by atoms with van der Waals surface area (Å²) in [5.74, 6) is -0.726. The number of hydrogen-bond donors (Lipinski definition) is 1. The number of carbonyl (C=O) groups is 2. The quantitative estimate of drug-likeness (QED) is 0.794. The molecule has 1 N–H and O–H groups in total. The third-order valence-corrected chi connectivity index (χ3v) is 3.60.